The van der Waals surface area contributed by atoms with Crippen LogP contribution < -0.4 is 16.2 Å². The van der Waals surface area contributed by atoms with Gasteiger partial charge in [-0.15, -0.1) is 0 Å². The fourth-order valence-corrected chi connectivity index (χ4v) is 4.55. The molecule has 1 heterocycles. The Balaban J connectivity index is 1.57. The molecule has 0 saturated carbocycles. The molecule has 2 aromatic rings. The standard InChI is InChI=1S/C22H22F4N4O3S/c1-13-3-2-4-16(9-13)27-21(33)30-7-8-34-17(12-30)10-14-5-6-15(11-18(14)23)19(31)28-29-20(32)22(24,25)26/h2-6,9,11,17H,7-8,10,12H2,1H3,(H,27,33)(H,28,31)(H,29,32). The second-order valence-corrected chi connectivity index (χ2v) is 9.06. The highest BCUT2D eigenvalue weighted by Crippen LogP contribution is 2.25. The van der Waals surface area contributed by atoms with Gasteiger partial charge in [-0.25, -0.2) is 9.18 Å². The first-order chi connectivity index (χ1) is 16.0. The number of nitrogens with zero attached hydrogens (tertiary/aromatic N) is 1. The average Bonchev–Trinajstić information content (AvgIpc) is 2.78. The number of hydrazine groups is 1. The zero-order valence-electron chi connectivity index (χ0n) is 18.0. The van der Waals surface area contributed by atoms with Crippen LogP contribution in [0.25, 0.3) is 0 Å². The molecule has 7 nitrogen and oxygen atoms in total. The summed E-state index contributed by atoms with van der Waals surface area (Å²) < 4.78 is 51.2. The number of hydrogen-bond acceptors (Lipinski definition) is 4. The third kappa shape index (κ3) is 6.86. The topological polar surface area (TPSA) is 90.5 Å². The van der Waals surface area contributed by atoms with Crippen molar-refractivity contribution < 1.29 is 31.9 Å². The predicted octanol–water partition coefficient (Wildman–Crippen LogP) is 3.65. The van der Waals surface area contributed by atoms with Crippen molar-refractivity contribution in [2.45, 2.75) is 24.8 Å². The van der Waals surface area contributed by atoms with Crippen LogP contribution in [0.1, 0.15) is 21.5 Å². The molecule has 3 rings (SSSR count). The van der Waals surface area contributed by atoms with Gasteiger partial charge in [-0.1, -0.05) is 18.2 Å². The van der Waals surface area contributed by atoms with Gasteiger partial charge in [0.25, 0.3) is 5.91 Å². The number of rotatable bonds is 4. The molecular weight excluding hydrogens is 476 g/mol. The summed E-state index contributed by atoms with van der Waals surface area (Å²) in [6, 6.07) is 10.7. The summed E-state index contributed by atoms with van der Waals surface area (Å²) in [7, 11) is 0. The van der Waals surface area contributed by atoms with Crippen LogP contribution in [0.4, 0.5) is 28.0 Å². The fourth-order valence-electron chi connectivity index (χ4n) is 3.31. The number of anilines is 1. The quantitative estimate of drug-likeness (QED) is 0.444. The number of hydrogen-bond donors (Lipinski definition) is 3. The van der Waals surface area contributed by atoms with Crippen LogP contribution in [0.3, 0.4) is 0 Å². The smallest absolute Gasteiger partial charge is 0.323 e. The lowest BCUT2D eigenvalue weighted by Gasteiger charge is -2.32. The Labute approximate surface area is 197 Å². The summed E-state index contributed by atoms with van der Waals surface area (Å²) in [5.41, 5.74) is 4.57. The lowest BCUT2D eigenvalue weighted by Crippen LogP contribution is -2.47. The summed E-state index contributed by atoms with van der Waals surface area (Å²) >= 11 is 1.60. The van der Waals surface area contributed by atoms with E-state index < -0.39 is 23.8 Å². The van der Waals surface area contributed by atoms with Gasteiger partial charge in [0.2, 0.25) is 0 Å². The molecule has 0 spiro atoms. The minimum atomic E-state index is -5.16. The minimum Gasteiger partial charge on any atom is -0.323 e. The number of nitrogens with one attached hydrogen (secondary N) is 3. The van der Waals surface area contributed by atoms with Crippen LogP contribution in [-0.4, -0.2) is 53.0 Å². The Morgan fingerprint density at radius 1 is 1.12 bits per heavy atom. The van der Waals surface area contributed by atoms with Crippen molar-refractivity contribution in [1.82, 2.24) is 15.8 Å². The molecule has 1 atom stereocenters. The second kappa shape index (κ2) is 10.8. The molecule has 1 saturated heterocycles. The van der Waals surface area contributed by atoms with Crippen LogP contribution >= 0.6 is 11.8 Å². The van der Waals surface area contributed by atoms with Crippen molar-refractivity contribution >= 4 is 35.3 Å². The van der Waals surface area contributed by atoms with Crippen LogP contribution in [0, 0.1) is 12.7 Å². The normalized spacial score (nSPS) is 16.0. The highest BCUT2D eigenvalue weighted by atomic mass is 32.2. The first-order valence-corrected chi connectivity index (χ1v) is 11.3. The molecule has 3 N–H and O–H groups in total. The highest BCUT2D eigenvalue weighted by Gasteiger charge is 2.39. The monoisotopic (exact) mass is 498 g/mol. The largest absolute Gasteiger partial charge is 0.472 e. The zero-order valence-corrected chi connectivity index (χ0v) is 18.9. The van der Waals surface area contributed by atoms with E-state index in [9.17, 15) is 31.9 Å². The lowest BCUT2D eigenvalue weighted by molar-refractivity contribution is -0.174. The molecule has 182 valence electrons. The second-order valence-electron chi connectivity index (χ2n) is 7.65. The summed E-state index contributed by atoms with van der Waals surface area (Å²) in [6.45, 7) is 2.86. The summed E-state index contributed by atoms with van der Waals surface area (Å²) in [6.07, 6.45) is -4.87. The number of amides is 4. The maximum atomic E-state index is 14.6. The van der Waals surface area contributed by atoms with Gasteiger partial charge in [-0.2, -0.15) is 24.9 Å². The number of benzene rings is 2. The van der Waals surface area contributed by atoms with E-state index in [0.717, 1.165) is 11.6 Å². The number of aryl methyl sites for hydroxylation is 1. The number of thioether (sulfide) groups is 1. The van der Waals surface area contributed by atoms with E-state index in [1.165, 1.54) is 17.6 Å². The van der Waals surface area contributed by atoms with Gasteiger partial charge in [0.05, 0.1) is 0 Å². The van der Waals surface area contributed by atoms with Gasteiger partial charge in [0.1, 0.15) is 5.82 Å². The maximum absolute atomic E-state index is 14.6. The van der Waals surface area contributed by atoms with Crippen molar-refractivity contribution in [1.29, 1.82) is 0 Å². The summed E-state index contributed by atoms with van der Waals surface area (Å²) in [4.78, 5) is 37.0. The number of carbonyl (C=O) groups is 3. The van der Waals surface area contributed by atoms with E-state index in [1.54, 1.807) is 28.2 Å². The van der Waals surface area contributed by atoms with Crippen LogP contribution in [0.15, 0.2) is 42.5 Å². The highest BCUT2D eigenvalue weighted by molar-refractivity contribution is 8.00. The van der Waals surface area contributed by atoms with E-state index in [0.29, 0.717) is 30.1 Å². The number of carbonyl (C=O) groups excluding carboxylic acids is 3. The van der Waals surface area contributed by atoms with Crippen LogP contribution in [-0.2, 0) is 11.2 Å². The van der Waals surface area contributed by atoms with Gasteiger partial charge in [0, 0.05) is 35.3 Å². The van der Waals surface area contributed by atoms with E-state index >= 15 is 0 Å². The first-order valence-electron chi connectivity index (χ1n) is 10.2. The lowest BCUT2D eigenvalue weighted by atomic mass is 10.1. The zero-order chi connectivity index (χ0) is 24.9. The molecule has 0 aromatic heterocycles. The third-order valence-corrected chi connectivity index (χ3v) is 6.21. The molecule has 4 amide bonds. The van der Waals surface area contributed by atoms with Crippen molar-refractivity contribution in [2.24, 2.45) is 0 Å². The molecule has 0 radical (unpaired) electrons. The predicted molar refractivity (Wildman–Crippen MR) is 120 cm³/mol. The molecule has 1 aliphatic heterocycles. The van der Waals surface area contributed by atoms with Crippen molar-refractivity contribution in [3.05, 3.63) is 65.0 Å². The summed E-state index contributed by atoms with van der Waals surface area (Å²) in [5, 5.41) is 2.77. The number of alkyl halides is 3. The van der Waals surface area contributed by atoms with E-state index in [4.69, 9.17) is 0 Å². The molecule has 1 unspecified atom stereocenters. The summed E-state index contributed by atoms with van der Waals surface area (Å²) in [5.74, 6) is -3.47. The van der Waals surface area contributed by atoms with Crippen LogP contribution in [0.5, 0.6) is 0 Å². The molecule has 1 aliphatic rings. The molecule has 2 aromatic carbocycles. The Morgan fingerprint density at radius 2 is 1.88 bits per heavy atom. The van der Waals surface area contributed by atoms with Crippen molar-refractivity contribution in [2.75, 3.05) is 24.2 Å². The molecule has 0 aliphatic carbocycles. The molecule has 1 fully saturated rings. The molecule has 12 heteroatoms. The van der Waals surface area contributed by atoms with E-state index in [1.807, 2.05) is 25.1 Å². The van der Waals surface area contributed by atoms with Crippen LogP contribution in [0.2, 0.25) is 0 Å². The molecule has 0 bridgehead atoms. The van der Waals surface area contributed by atoms with E-state index in [-0.39, 0.29) is 23.3 Å². The minimum absolute atomic E-state index is 0.0859. The maximum Gasteiger partial charge on any atom is 0.472 e. The van der Waals surface area contributed by atoms with Gasteiger partial charge < -0.3 is 10.2 Å². The fraction of sp³-hybridized carbons (Fsp3) is 0.318. The van der Waals surface area contributed by atoms with Crippen molar-refractivity contribution in [3.63, 3.8) is 0 Å². The third-order valence-electron chi connectivity index (χ3n) is 5.01. The Morgan fingerprint density at radius 3 is 2.56 bits per heavy atom. The van der Waals surface area contributed by atoms with Crippen molar-refractivity contribution in [3.8, 4) is 0 Å². The van der Waals surface area contributed by atoms with Gasteiger partial charge >= 0.3 is 18.1 Å². The first kappa shape index (κ1) is 25.3. The van der Waals surface area contributed by atoms with E-state index in [2.05, 4.69) is 5.32 Å². The molecular formula is C22H22F4N4O3S. The number of urea groups is 1. The Kier molecular flexibility index (Phi) is 8.02. The Hall–Kier alpha value is -3.28. The Bertz CT molecular complexity index is 1080. The van der Waals surface area contributed by atoms with Gasteiger partial charge in [-0.3, -0.25) is 20.4 Å². The average molecular weight is 499 g/mol. The van der Waals surface area contributed by atoms with Gasteiger partial charge in [-0.05, 0) is 48.7 Å². The molecule has 34 heavy (non-hydrogen) atoms. The number of halogens is 4. The van der Waals surface area contributed by atoms with Gasteiger partial charge in [0.15, 0.2) is 0 Å². The SMILES string of the molecule is Cc1cccc(NC(=O)N2CCSC(Cc3ccc(C(=O)NNC(=O)C(F)(F)F)cc3F)C2)c1.